The minimum Gasteiger partial charge on any atom is -0.493 e. The van der Waals surface area contributed by atoms with E-state index in [2.05, 4.69) is 31.3 Å². The molecule has 0 saturated heterocycles. The van der Waals surface area contributed by atoms with Crippen LogP contribution in [0.15, 0.2) is 69.0 Å². The zero-order valence-corrected chi connectivity index (χ0v) is 23.0. The van der Waals surface area contributed by atoms with Gasteiger partial charge in [-0.2, -0.15) is 9.78 Å². The molecule has 1 heterocycles. The minimum atomic E-state index is -0.574. The van der Waals surface area contributed by atoms with Crippen molar-refractivity contribution in [3.8, 4) is 11.5 Å². The molecule has 3 aromatic carbocycles. The SMILES string of the molecule is COc1cc(C=Nn2c(C(C)C)nc3ccc(Br)cc3c2=O)cc(Cl)c1OCC(=O)Nc1ccccc1F. The number of halogens is 3. The van der Waals surface area contributed by atoms with Gasteiger partial charge in [0.25, 0.3) is 11.5 Å². The standard InChI is InChI=1S/C27H23BrClFN4O4/c1-15(2)26-33-21-9-8-17(28)12-18(21)27(36)34(26)31-13-16-10-19(29)25(23(11-16)37-3)38-14-24(35)32-22-7-5-4-6-20(22)30/h4-13,15H,14H2,1-3H3,(H,32,35). The van der Waals surface area contributed by atoms with Gasteiger partial charge >= 0.3 is 0 Å². The molecule has 0 spiro atoms. The number of rotatable bonds is 8. The fourth-order valence-corrected chi connectivity index (χ4v) is 4.25. The normalized spacial score (nSPS) is 11.3. The van der Waals surface area contributed by atoms with Gasteiger partial charge in [0.1, 0.15) is 11.6 Å². The zero-order chi connectivity index (χ0) is 27.4. The van der Waals surface area contributed by atoms with Crippen molar-refractivity contribution in [3.63, 3.8) is 0 Å². The lowest BCUT2D eigenvalue weighted by Gasteiger charge is -2.14. The van der Waals surface area contributed by atoms with Crippen LogP contribution in [0.25, 0.3) is 10.9 Å². The number of methoxy groups -OCH3 is 1. The van der Waals surface area contributed by atoms with Gasteiger partial charge in [-0.25, -0.2) is 9.37 Å². The Balaban J connectivity index is 1.60. The maximum absolute atomic E-state index is 13.8. The summed E-state index contributed by atoms with van der Waals surface area (Å²) in [5.41, 5.74) is 0.831. The first-order chi connectivity index (χ1) is 18.2. The molecule has 0 fully saturated rings. The van der Waals surface area contributed by atoms with Crippen molar-refractivity contribution in [2.75, 3.05) is 19.0 Å². The number of fused-ring (bicyclic) bond motifs is 1. The predicted octanol–water partition coefficient (Wildman–Crippen LogP) is 5.98. The molecule has 4 aromatic rings. The van der Waals surface area contributed by atoms with Crippen LogP contribution < -0.4 is 20.3 Å². The monoisotopic (exact) mass is 600 g/mol. The minimum absolute atomic E-state index is 0.0391. The van der Waals surface area contributed by atoms with Crippen LogP contribution in [0, 0.1) is 5.82 Å². The fourth-order valence-electron chi connectivity index (χ4n) is 3.62. The van der Waals surface area contributed by atoms with E-state index in [1.54, 1.807) is 30.3 Å². The summed E-state index contributed by atoms with van der Waals surface area (Å²) in [6.45, 7) is 3.42. The smallest absolute Gasteiger partial charge is 0.282 e. The van der Waals surface area contributed by atoms with Crippen LogP contribution in [0.3, 0.4) is 0 Å². The van der Waals surface area contributed by atoms with E-state index in [-0.39, 0.29) is 33.7 Å². The highest BCUT2D eigenvalue weighted by Gasteiger charge is 2.16. The highest BCUT2D eigenvalue weighted by molar-refractivity contribution is 9.10. The van der Waals surface area contributed by atoms with Crippen LogP contribution in [-0.4, -0.2) is 35.5 Å². The highest BCUT2D eigenvalue weighted by atomic mass is 79.9. The van der Waals surface area contributed by atoms with Crippen LogP contribution in [0.2, 0.25) is 5.02 Å². The molecular formula is C27H23BrClFN4O4. The summed E-state index contributed by atoms with van der Waals surface area (Å²) in [6, 6.07) is 14.3. The number of hydrogen-bond donors (Lipinski definition) is 1. The Morgan fingerprint density at radius 3 is 2.71 bits per heavy atom. The van der Waals surface area contributed by atoms with E-state index >= 15 is 0 Å². The van der Waals surface area contributed by atoms with Crippen LogP contribution in [0.1, 0.15) is 31.2 Å². The molecule has 0 aliphatic rings. The Kier molecular flexibility index (Phi) is 8.43. The van der Waals surface area contributed by atoms with Gasteiger partial charge in [-0.1, -0.05) is 53.5 Å². The third-order valence-electron chi connectivity index (χ3n) is 5.42. The lowest BCUT2D eigenvalue weighted by molar-refractivity contribution is -0.118. The quantitative estimate of drug-likeness (QED) is 0.251. The summed E-state index contributed by atoms with van der Waals surface area (Å²) >= 11 is 9.82. The van der Waals surface area contributed by atoms with E-state index in [1.165, 1.54) is 36.2 Å². The molecular weight excluding hydrogens is 579 g/mol. The van der Waals surface area contributed by atoms with Crippen LogP contribution in [0.4, 0.5) is 10.1 Å². The van der Waals surface area contributed by atoms with Crippen molar-refractivity contribution in [2.45, 2.75) is 19.8 Å². The maximum Gasteiger partial charge on any atom is 0.282 e. The van der Waals surface area contributed by atoms with E-state index < -0.39 is 18.3 Å². The molecule has 1 aromatic heterocycles. The molecule has 196 valence electrons. The summed E-state index contributed by atoms with van der Waals surface area (Å²) < 4.78 is 26.8. The summed E-state index contributed by atoms with van der Waals surface area (Å²) in [6.07, 6.45) is 1.46. The molecule has 11 heteroatoms. The largest absolute Gasteiger partial charge is 0.493 e. The number of carbonyl (C=O) groups is 1. The molecule has 0 aliphatic heterocycles. The van der Waals surface area contributed by atoms with Crippen molar-refractivity contribution in [2.24, 2.45) is 5.10 Å². The first-order valence-corrected chi connectivity index (χ1v) is 12.7. The number of amides is 1. The number of anilines is 1. The molecule has 0 radical (unpaired) electrons. The highest BCUT2D eigenvalue weighted by Crippen LogP contribution is 2.36. The number of carbonyl (C=O) groups excluding carboxylic acids is 1. The first kappa shape index (κ1) is 27.3. The van der Waals surface area contributed by atoms with Gasteiger partial charge in [-0.3, -0.25) is 9.59 Å². The Bertz CT molecular complexity index is 1610. The van der Waals surface area contributed by atoms with E-state index in [1.807, 2.05) is 19.9 Å². The van der Waals surface area contributed by atoms with Gasteiger partial charge < -0.3 is 14.8 Å². The second-order valence-corrected chi connectivity index (χ2v) is 9.82. The molecule has 0 atom stereocenters. The molecule has 0 saturated carbocycles. The molecule has 8 nitrogen and oxygen atoms in total. The van der Waals surface area contributed by atoms with Crippen molar-refractivity contribution in [3.05, 3.63) is 91.7 Å². The predicted molar refractivity (Wildman–Crippen MR) is 149 cm³/mol. The lowest BCUT2D eigenvalue weighted by atomic mass is 10.2. The molecule has 0 aliphatic carbocycles. The van der Waals surface area contributed by atoms with Crippen molar-refractivity contribution < 1.29 is 18.7 Å². The average molecular weight is 602 g/mol. The number of para-hydroxylation sites is 1. The number of nitrogens with zero attached hydrogens (tertiary/aromatic N) is 3. The fraction of sp³-hybridized carbons (Fsp3) is 0.185. The molecule has 4 rings (SSSR count). The number of aromatic nitrogens is 2. The summed E-state index contributed by atoms with van der Waals surface area (Å²) in [4.78, 5) is 30.1. The summed E-state index contributed by atoms with van der Waals surface area (Å²) in [7, 11) is 1.42. The van der Waals surface area contributed by atoms with Crippen LogP contribution in [0.5, 0.6) is 11.5 Å². The van der Waals surface area contributed by atoms with E-state index in [0.717, 1.165) is 4.47 Å². The Morgan fingerprint density at radius 1 is 1.24 bits per heavy atom. The second kappa shape index (κ2) is 11.7. The number of benzene rings is 3. The van der Waals surface area contributed by atoms with Crippen LogP contribution in [-0.2, 0) is 4.79 Å². The number of nitrogens with one attached hydrogen (secondary N) is 1. The Morgan fingerprint density at radius 2 is 2.00 bits per heavy atom. The average Bonchev–Trinajstić information content (AvgIpc) is 2.88. The molecule has 0 bridgehead atoms. The second-order valence-electron chi connectivity index (χ2n) is 8.50. The third-order valence-corrected chi connectivity index (χ3v) is 6.19. The van der Waals surface area contributed by atoms with E-state index in [4.69, 9.17) is 21.1 Å². The third kappa shape index (κ3) is 6.03. The van der Waals surface area contributed by atoms with Crippen molar-refractivity contribution in [1.82, 2.24) is 9.66 Å². The zero-order valence-electron chi connectivity index (χ0n) is 20.7. The van der Waals surface area contributed by atoms with Gasteiger partial charge in [0.2, 0.25) is 0 Å². The lowest BCUT2D eigenvalue weighted by Crippen LogP contribution is -2.23. The summed E-state index contributed by atoms with van der Waals surface area (Å²) in [5.74, 6) is -0.330. The summed E-state index contributed by atoms with van der Waals surface area (Å²) in [5, 5.41) is 7.42. The Labute approximate surface area is 231 Å². The molecule has 1 amide bonds. The topological polar surface area (TPSA) is 94.8 Å². The van der Waals surface area contributed by atoms with Crippen molar-refractivity contribution >= 4 is 56.2 Å². The van der Waals surface area contributed by atoms with Gasteiger partial charge in [0.05, 0.1) is 34.9 Å². The van der Waals surface area contributed by atoms with E-state index in [9.17, 15) is 14.0 Å². The van der Waals surface area contributed by atoms with Gasteiger partial charge in [-0.15, -0.1) is 0 Å². The van der Waals surface area contributed by atoms with Crippen molar-refractivity contribution in [1.29, 1.82) is 0 Å². The van der Waals surface area contributed by atoms with E-state index in [0.29, 0.717) is 22.3 Å². The molecule has 38 heavy (non-hydrogen) atoms. The van der Waals surface area contributed by atoms with Gasteiger partial charge in [0, 0.05) is 10.4 Å². The molecule has 0 unspecified atom stereocenters. The molecule has 1 N–H and O–H groups in total. The van der Waals surface area contributed by atoms with Crippen LogP contribution >= 0.6 is 27.5 Å². The Hall–Kier alpha value is -3.76. The van der Waals surface area contributed by atoms with Gasteiger partial charge in [0.15, 0.2) is 18.1 Å². The van der Waals surface area contributed by atoms with Gasteiger partial charge in [-0.05, 0) is 48.0 Å². The number of ether oxygens (including phenoxy) is 2. The first-order valence-electron chi connectivity index (χ1n) is 11.5. The number of hydrogen-bond acceptors (Lipinski definition) is 6. The maximum atomic E-state index is 13.8.